The van der Waals surface area contributed by atoms with E-state index in [0.717, 1.165) is 5.56 Å². The standard InChI is InChI=1S/C19H10Br2Cl2N4O2/c20-10-3-8(4-11(21)17(10)28)14-9(6-24)18(25)29-19-15(14)16(26-27-19)7-1-2-12(22)13(23)5-7/h1-5,14,28H,25H2,(H,26,27)/t14-/m0/s1. The zero-order valence-electron chi connectivity index (χ0n) is 14.3. The summed E-state index contributed by atoms with van der Waals surface area (Å²) >= 11 is 18.9. The lowest BCUT2D eigenvalue weighted by Gasteiger charge is -2.24. The van der Waals surface area contributed by atoms with Gasteiger partial charge in [-0.3, -0.25) is 5.10 Å². The number of hydrogen-bond acceptors (Lipinski definition) is 5. The first-order valence-electron chi connectivity index (χ1n) is 8.11. The number of halogens is 4. The summed E-state index contributed by atoms with van der Waals surface area (Å²) in [5.74, 6) is -0.307. The lowest BCUT2D eigenvalue weighted by Crippen LogP contribution is -2.21. The van der Waals surface area contributed by atoms with Crippen molar-refractivity contribution in [1.82, 2.24) is 10.2 Å². The molecule has 146 valence electrons. The molecule has 6 nitrogen and oxygen atoms in total. The van der Waals surface area contributed by atoms with Gasteiger partial charge in [-0.15, -0.1) is 5.10 Å². The van der Waals surface area contributed by atoms with Gasteiger partial charge in [-0.05, 0) is 61.7 Å². The molecule has 0 saturated heterocycles. The van der Waals surface area contributed by atoms with Crippen LogP contribution in [-0.4, -0.2) is 15.3 Å². The van der Waals surface area contributed by atoms with Gasteiger partial charge in [0.15, 0.2) is 0 Å². The number of rotatable bonds is 2. The lowest BCUT2D eigenvalue weighted by molar-refractivity contribution is 0.379. The average Bonchev–Trinajstić information content (AvgIpc) is 3.10. The normalized spacial score (nSPS) is 15.6. The maximum atomic E-state index is 10.1. The molecule has 4 N–H and O–H groups in total. The second kappa shape index (κ2) is 7.58. The van der Waals surface area contributed by atoms with Crippen molar-refractivity contribution in [3.63, 3.8) is 0 Å². The number of aromatic nitrogens is 2. The molecule has 0 fully saturated rings. The summed E-state index contributed by atoms with van der Waals surface area (Å²) in [4.78, 5) is 0. The van der Waals surface area contributed by atoms with E-state index in [1.807, 2.05) is 0 Å². The molecule has 0 bridgehead atoms. The molecule has 10 heteroatoms. The highest BCUT2D eigenvalue weighted by molar-refractivity contribution is 9.11. The fourth-order valence-electron chi connectivity index (χ4n) is 3.20. The lowest BCUT2D eigenvalue weighted by atomic mass is 9.83. The van der Waals surface area contributed by atoms with E-state index in [0.29, 0.717) is 35.8 Å². The van der Waals surface area contributed by atoms with Crippen LogP contribution in [0.3, 0.4) is 0 Å². The number of nitrogens with one attached hydrogen (secondary N) is 1. The van der Waals surface area contributed by atoms with Gasteiger partial charge in [0.25, 0.3) is 0 Å². The summed E-state index contributed by atoms with van der Waals surface area (Å²) in [7, 11) is 0. The SMILES string of the molecule is N#CC1=C(N)Oc2n[nH]c(-c3ccc(Cl)c(Cl)c3)c2[C@H]1c1cc(Br)c(O)c(Br)c1. The summed E-state index contributed by atoms with van der Waals surface area (Å²) < 4.78 is 6.51. The number of ether oxygens (including phenoxy) is 1. The molecule has 1 aliphatic heterocycles. The molecule has 0 amide bonds. The first kappa shape index (κ1) is 20.1. The van der Waals surface area contributed by atoms with Crippen molar-refractivity contribution in [2.24, 2.45) is 5.73 Å². The van der Waals surface area contributed by atoms with E-state index in [-0.39, 0.29) is 23.1 Å². The van der Waals surface area contributed by atoms with Crippen LogP contribution in [0.15, 0.2) is 50.7 Å². The summed E-state index contributed by atoms with van der Waals surface area (Å²) in [6.07, 6.45) is 0. The Morgan fingerprint density at radius 3 is 2.48 bits per heavy atom. The summed E-state index contributed by atoms with van der Waals surface area (Å²) in [6, 6.07) is 10.7. The second-order valence-electron chi connectivity index (χ2n) is 6.20. The Labute approximate surface area is 192 Å². The summed E-state index contributed by atoms with van der Waals surface area (Å²) in [6.45, 7) is 0. The van der Waals surface area contributed by atoms with E-state index in [1.54, 1.807) is 30.3 Å². The van der Waals surface area contributed by atoms with Gasteiger partial charge in [0, 0.05) is 5.56 Å². The Bertz CT molecular complexity index is 1210. The van der Waals surface area contributed by atoms with Crippen LogP contribution < -0.4 is 10.5 Å². The van der Waals surface area contributed by atoms with E-state index in [1.165, 1.54) is 0 Å². The topological polar surface area (TPSA) is 108 Å². The highest BCUT2D eigenvalue weighted by atomic mass is 79.9. The van der Waals surface area contributed by atoms with Crippen molar-refractivity contribution >= 4 is 55.1 Å². The monoisotopic (exact) mass is 554 g/mol. The third-order valence-electron chi connectivity index (χ3n) is 4.52. The zero-order chi connectivity index (χ0) is 20.9. The van der Waals surface area contributed by atoms with E-state index >= 15 is 0 Å². The highest BCUT2D eigenvalue weighted by Gasteiger charge is 2.36. The number of nitrogens with zero attached hydrogens (tertiary/aromatic N) is 2. The average molecular weight is 557 g/mol. The Morgan fingerprint density at radius 1 is 1.17 bits per heavy atom. The fraction of sp³-hybridized carbons (Fsp3) is 0.0526. The molecular weight excluding hydrogens is 547 g/mol. The molecule has 0 radical (unpaired) electrons. The Balaban J connectivity index is 1.98. The first-order chi connectivity index (χ1) is 13.8. The third-order valence-corrected chi connectivity index (χ3v) is 6.47. The minimum atomic E-state index is -0.583. The van der Waals surface area contributed by atoms with E-state index in [2.05, 4.69) is 48.1 Å². The quantitative estimate of drug-likeness (QED) is 0.368. The third kappa shape index (κ3) is 3.38. The van der Waals surface area contributed by atoms with Crippen LogP contribution in [0, 0.1) is 11.3 Å². The molecule has 1 atom stereocenters. The minimum Gasteiger partial charge on any atom is -0.506 e. The molecule has 29 heavy (non-hydrogen) atoms. The molecule has 2 heterocycles. The maximum Gasteiger partial charge on any atom is 0.244 e. The summed E-state index contributed by atoms with van der Waals surface area (Å²) in [5, 5.41) is 27.8. The number of benzene rings is 2. The zero-order valence-corrected chi connectivity index (χ0v) is 19.0. The largest absolute Gasteiger partial charge is 0.506 e. The van der Waals surface area contributed by atoms with Crippen molar-refractivity contribution in [3.8, 4) is 29.0 Å². The first-order valence-corrected chi connectivity index (χ1v) is 10.4. The predicted octanol–water partition coefficient (Wildman–Crippen LogP) is 5.83. The van der Waals surface area contributed by atoms with Crippen molar-refractivity contribution in [1.29, 1.82) is 5.26 Å². The van der Waals surface area contributed by atoms with Gasteiger partial charge in [0.1, 0.15) is 17.4 Å². The molecule has 3 aromatic rings. The van der Waals surface area contributed by atoms with Gasteiger partial charge < -0.3 is 15.6 Å². The molecule has 0 unspecified atom stereocenters. The van der Waals surface area contributed by atoms with Crippen molar-refractivity contribution in [2.45, 2.75) is 5.92 Å². The smallest absolute Gasteiger partial charge is 0.244 e. The van der Waals surface area contributed by atoms with Gasteiger partial charge >= 0.3 is 0 Å². The van der Waals surface area contributed by atoms with Crippen molar-refractivity contribution in [3.05, 3.63) is 71.9 Å². The van der Waals surface area contributed by atoms with Gasteiger partial charge in [-0.2, -0.15) is 5.26 Å². The van der Waals surface area contributed by atoms with Crippen molar-refractivity contribution < 1.29 is 9.84 Å². The maximum absolute atomic E-state index is 10.1. The number of nitrogens with two attached hydrogens (primary N) is 1. The van der Waals surface area contributed by atoms with Crippen LogP contribution in [0.2, 0.25) is 10.0 Å². The highest BCUT2D eigenvalue weighted by Crippen LogP contribution is 2.48. The molecule has 0 aliphatic carbocycles. The molecule has 0 saturated carbocycles. The van der Waals surface area contributed by atoms with Crippen LogP contribution in [0.25, 0.3) is 11.3 Å². The number of aromatic hydroxyl groups is 1. The van der Waals surface area contributed by atoms with Crippen LogP contribution in [0.4, 0.5) is 0 Å². The predicted molar refractivity (Wildman–Crippen MR) is 117 cm³/mol. The van der Waals surface area contributed by atoms with Crippen LogP contribution in [0.1, 0.15) is 17.0 Å². The fourth-order valence-corrected chi connectivity index (χ4v) is 4.72. The van der Waals surface area contributed by atoms with E-state index in [9.17, 15) is 10.4 Å². The van der Waals surface area contributed by atoms with Gasteiger partial charge in [-0.25, -0.2) is 0 Å². The van der Waals surface area contributed by atoms with E-state index < -0.39 is 5.92 Å². The Morgan fingerprint density at radius 2 is 1.86 bits per heavy atom. The second-order valence-corrected chi connectivity index (χ2v) is 8.73. The number of aromatic amines is 1. The van der Waals surface area contributed by atoms with Crippen LogP contribution >= 0.6 is 55.1 Å². The molecule has 4 rings (SSSR count). The van der Waals surface area contributed by atoms with Crippen LogP contribution in [0.5, 0.6) is 11.6 Å². The van der Waals surface area contributed by atoms with Crippen LogP contribution in [-0.2, 0) is 0 Å². The minimum absolute atomic E-state index is 0.0301. The number of phenolic OH excluding ortho intramolecular Hbond substituents is 1. The Hall–Kier alpha value is -2.18. The number of nitriles is 1. The number of hydrogen-bond donors (Lipinski definition) is 3. The van der Waals surface area contributed by atoms with Gasteiger partial charge in [0.2, 0.25) is 11.8 Å². The molecular formula is C19H10Br2Cl2N4O2. The van der Waals surface area contributed by atoms with Gasteiger partial charge in [-0.1, -0.05) is 29.3 Å². The molecule has 0 spiro atoms. The molecule has 2 aromatic carbocycles. The molecule has 1 aromatic heterocycles. The number of H-pyrrole nitrogens is 1. The Kier molecular flexibility index (Phi) is 5.25. The van der Waals surface area contributed by atoms with Gasteiger partial charge in [0.05, 0.1) is 36.2 Å². The number of fused-ring (bicyclic) bond motifs is 1. The number of allylic oxidation sites excluding steroid dienone is 1. The van der Waals surface area contributed by atoms with Crippen molar-refractivity contribution in [2.75, 3.05) is 0 Å². The molecule has 1 aliphatic rings. The summed E-state index contributed by atoms with van der Waals surface area (Å²) in [5.41, 5.74) is 8.89. The van der Waals surface area contributed by atoms with E-state index in [4.69, 9.17) is 33.7 Å². The number of phenols is 1.